The fourth-order valence-corrected chi connectivity index (χ4v) is 2.66. The average molecular weight is 327 g/mol. The number of hydrogen-bond acceptors (Lipinski definition) is 4. The van der Waals surface area contributed by atoms with Gasteiger partial charge in [-0.25, -0.2) is 8.78 Å². The lowest BCUT2D eigenvalue weighted by Crippen LogP contribution is -2.49. The summed E-state index contributed by atoms with van der Waals surface area (Å²) >= 11 is 0. The van der Waals surface area contributed by atoms with Gasteiger partial charge in [-0.1, -0.05) is 13.0 Å². The van der Waals surface area contributed by atoms with Gasteiger partial charge >= 0.3 is 0 Å². The predicted molar refractivity (Wildman–Crippen MR) is 82.9 cm³/mol. The van der Waals surface area contributed by atoms with Gasteiger partial charge in [0, 0.05) is 32.7 Å². The smallest absolute Gasteiger partial charge is 0.234 e. The highest BCUT2D eigenvalue weighted by Gasteiger charge is 2.20. The van der Waals surface area contributed by atoms with Gasteiger partial charge in [-0.3, -0.25) is 9.69 Å². The van der Waals surface area contributed by atoms with Crippen molar-refractivity contribution in [2.75, 3.05) is 45.8 Å². The summed E-state index contributed by atoms with van der Waals surface area (Å²) in [5.41, 5.74) is -0.413. The molecule has 1 atom stereocenters. The van der Waals surface area contributed by atoms with Crippen molar-refractivity contribution < 1.29 is 18.7 Å². The molecule has 1 fully saturated rings. The van der Waals surface area contributed by atoms with Gasteiger partial charge in [-0.15, -0.1) is 0 Å². The molecule has 0 aromatic heterocycles. The van der Waals surface area contributed by atoms with Crippen LogP contribution in [0.4, 0.5) is 8.78 Å². The Hall–Kier alpha value is -1.57. The maximum atomic E-state index is 13.5. The van der Waals surface area contributed by atoms with Gasteiger partial charge in [0.2, 0.25) is 5.91 Å². The van der Waals surface area contributed by atoms with Crippen LogP contribution in [0.3, 0.4) is 0 Å². The Labute approximate surface area is 134 Å². The molecule has 2 N–H and O–H groups in total. The van der Waals surface area contributed by atoms with Crippen LogP contribution in [0.25, 0.3) is 0 Å². The van der Waals surface area contributed by atoms with Crippen LogP contribution in [0.15, 0.2) is 18.2 Å². The fourth-order valence-electron chi connectivity index (χ4n) is 2.66. The first-order valence-electron chi connectivity index (χ1n) is 7.84. The number of carbonyl (C=O) groups excluding carboxylic acids is 1. The van der Waals surface area contributed by atoms with E-state index in [2.05, 4.69) is 17.1 Å². The highest BCUT2D eigenvalue weighted by atomic mass is 19.1. The average Bonchev–Trinajstić information content (AvgIpc) is 2.53. The Kier molecular flexibility index (Phi) is 6.44. The van der Waals surface area contributed by atoms with E-state index in [1.807, 2.05) is 4.90 Å². The van der Waals surface area contributed by atoms with Crippen LogP contribution in [0, 0.1) is 11.6 Å². The molecule has 1 aliphatic rings. The topological polar surface area (TPSA) is 55.8 Å². The summed E-state index contributed by atoms with van der Waals surface area (Å²) in [6, 6.07) is 3.39. The molecule has 1 aromatic carbocycles. The summed E-state index contributed by atoms with van der Waals surface area (Å²) in [5.74, 6) is -1.89. The van der Waals surface area contributed by atoms with Crippen LogP contribution in [0.2, 0.25) is 0 Å². The molecule has 2 rings (SSSR count). The van der Waals surface area contributed by atoms with E-state index in [4.69, 9.17) is 0 Å². The van der Waals surface area contributed by atoms with Crippen molar-refractivity contribution in [1.82, 2.24) is 15.1 Å². The van der Waals surface area contributed by atoms with E-state index in [1.54, 1.807) is 0 Å². The quantitative estimate of drug-likeness (QED) is 0.810. The SMILES string of the molecule is CCN1CCN(CC(=O)NCC(O)c2c(F)cccc2F)CC1. The maximum Gasteiger partial charge on any atom is 0.234 e. The third kappa shape index (κ3) is 4.95. The minimum Gasteiger partial charge on any atom is -0.386 e. The van der Waals surface area contributed by atoms with Crippen molar-refractivity contribution in [3.05, 3.63) is 35.4 Å². The van der Waals surface area contributed by atoms with Gasteiger partial charge in [-0.05, 0) is 18.7 Å². The number of benzene rings is 1. The molecular weight excluding hydrogens is 304 g/mol. The summed E-state index contributed by atoms with van der Waals surface area (Å²) in [7, 11) is 0. The van der Waals surface area contributed by atoms with E-state index in [1.165, 1.54) is 6.07 Å². The molecule has 0 saturated carbocycles. The van der Waals surface area contributed by atoms with Crippen molar-refractivity contribution in [1.29, 1.82) is 0 Å². The minimum atomic E-state index is -1.41. The lowest BCUT2D eigenvalue weighted by Gasteiger charge is -2.33. The second-order valence-corrected chi connectivity index (χ2v) is 5.67. The van der Waals surface area contributed by atoms with E-state index in [-0.39, 0.29) is 19.0 Å². The third-order valence-corrected chi connectivity index (χ3v) is 4.10. The molecule has 7 heteroatoms. The van der Waals surface area contributed by atoms with Crippen molar-refractivity contribution in [3.63, 3.8) is 0 Å². The molecule has 0 bridgehead atoms. The Balaban J connectivity index is 1.78. The van der Waals surface area contributed by atoms with E-state index < -0.39 is 23.3 Å². The number of amides is 1. The zero-order chi connectivity index (χ0) is 16.8. The number of aliphatic hydroxyl groups excluding tert-OH is 1. The number of piperazine rings is 1. The van der Waals surface area contributed by atoms with Crippen LogP contribution in [-0.2, 0) is 4.79 Å². The molecule has 0 radical (unpaired) electrons. The van der Waals surface area contributed by atoms with Crippen molar-refractivity contribution in [3.8, 4) is 0 Å². The first-order valence-corrected chi connectivity index (χ1v) is 7.84. The van der Waals surface area contributed by atoms with Gasteiger partial charge in [-0.2, -0.15) is 0 Å². The number of nitrogens with one attached hydrogen (secondary N) is 1. The normalized spacial score (nSPS) is 17.9. The number of likely N-dealkylation sites (N-methyl/N-ethyl adjacent to an activating group) is 1. The standard InChI is InChI=1S/C16H23F2N3O2/c1-2-20-6-8-21(9-7-20)11-15(23)19-10-14(22)16-12(17)4-3-5-13(16)18/h3-5,14,22H,2,6-11H2,1H3,(H,19,23). The van der Waals surface area contributed by atoms with Crippen molar-refractivity contribution in [2.45, 2.75) is 13.0 Å². The Bertz CT molecular complexity index is 514. The van der Waals surface area contributed by atoms with Gasteiger partial charge in [0.25, 0.3) is 0 Å². The highest BCUT2D eigenvalue weighted by Crippen LogP contribution is 2.19. The van der Waals surface area contributed by atoms with Crippen molar-refractivity contribution >= 4 is 5.91 Å². The van der Waals surface area contributed by atoms with Crippen LogP contribution >= 0.6 is 0 Å². The number of carbonyl (C=O) groups is 1. The van der Waals surface area contributed by atoms with E-state index in [9.17, 15) is 18.7 Å². The van der Waals surface area contributed by atoms with E-state index in [0.29, 0.717) is 0 Å². The van der Waals surface area contributed by atoms with Gasteiger partial charge in [0.1, 0.15) is 17.7 Å². The molecule has 1 amide bonds. The molecule has 23 heavy (non-hydrogen) atoms. The predicted octanol–water partition coefficient (Wildman–Crippen LogP) is 0.752. The third-order valence-electron chi connectivity index (χ3n) is 4.10. The molecule has 5 nitrogen and oxygen atoms in total. The zero-order valence-electron chi connectivity index (χ0n) is 13.3. The van der Waals surface area contributed by atoms with Crippen LogP contribution in [0.5, 0.6) is 0 Å². The van der Waals surface area contributed by atoms with Gasteiger partial charge in [0.05, 0.1) is 12.1 Å². The lowest BCUT2D eigenvalue weighted by molar-refractivity contribution is -0.123. The summed E-state index contributed by atoms with van der Waals surface area (Å²) in [5, 5.41) is 12.4. The molecule has 1 heterocycles. The molecule has 0 spiro atoms. The largest absolute Gasteiger partial charge is 0.386 e. The highest BCUT2D eigenvalue weighted by molar-refractivity contribution is 5.78. The molecule has 0 aliphatic carbocycles. The van der Waals surface area contributed by atoms with Crippen molar-refractivity contribution in [2.24, 2.45) is 0 Å². The second kappa shape index (κ2) is 8.33. The Morgan fingerprint density at radius 1 is 1.22 bits per heavy atom. The number of aliphatic hydroxyl groups is 1. The molecular formula is C16H23F2N3O2. The first-order chi connectivity index (χ1) is 11.0. The molecule has 1 aromatic rings. The van der Waals surface area contributed by atoms with Crippen LogP contribution in [-0.4, -0.2) is 66.6 Å². The zero-order valence-corrected chi connectivity index (χ0v) is 13.3. The summed E-state index contributed by atoms with van der Waals surface area (Å²) in [6.07, 6.45) is -1.41. The minimum absolute atomic E-state index is 0.217. The first kappa shape index (κ1) is 17.8. The number of halogens is 2. The van der Waals surface area contributed by atoms with Crippen LogP contribution in [0.1, 0.15) is 18.6 Å². The summed E-state index contributed by atoms with van der Waals surface area (Å²) < 4.78 is 27.1. The maximum absolute atomic E-state index is 13.5. The molecule has 1 saturated heterocycles. The molecule has 1 aliphatic heterocycles. The second-order valence-electron chi connectivity index (χ2n) is 5.67. The summed E-state index contributed by atoms with van der Waals surface area (Å²) in [4.78, 5) is 16.2. The monoisotopic (exact) mass is 327 g/mol. The van der Waals surface area contributed by atoms with E-state index in [0.717, 1.165) is 44.9 Å². The number of hydrogen-bond donors (Lipinski definition) is 2. The van der Waals surface area contributed by atoms with E-state index >= 15 is 0 Å². The molecule has 128 valence electrons. The fraction of sp³-hybridized carbons (Fsp3) is 0.562. The summed E-state index contributed by atoms with van der Waals surface area (Å²) in [6.45, 7) is 6.58. The van der Waals surface area contributed by atoms with Gasteiger partial charge in [0.15, 0.2) is 0 Å². The van der Waals surface area contributed by atoms with Crippen LogP contribution < -0.4 is 5.32 Å². The van der Waals surface area contributed by atoms with Gasteiger partial charge < -0.3 is 15.3 Å². The Morgan fingerprint density at radius 2 is 1.78 bits per heavy atom. The lowest BCUT2D eigenvalue weighted by atomic mass is 10.1. The number of nitrogens with zero attached hydrogens (tertiary/aromatic N) is 2. The Morgan fingerprint density at radius 3 is 2.35 bits per heavy atom. The number of rotatable bonds is 6. The molecule has 1 unspecified atom stereocenters.